The molecule has 2 rings (SSSR count). The highest BCUT2D eigenvalue weighted by atomic mass is 28.4. The second-order valence-corrected chi connectivity index (χ2v) is 19.0. The third kappa shape index (κ3) is 18.3. The van der Waals surface area contributed by atoms with E-state index in [0.717, 1.165) is 0 Å². The highest BCUT2D eigenvalue weighted by molar-refractivity contribution is 6.74. The Balaban J connectivity index is 2.42. The van der Waals surface area contributed by atoms with E-state index in [1.165, 1.54) is 43.3 Å². The van der Waals surface area contributed by atoms with Crippen LogP contribution in [-0.4, -0.2) is 81.9 Å². The second-order valence-electron chi connectivity index (χ2n) is 14.2. The van der Waals surface area contributed by atoms with Crippen molar-refractivity contribution in [2.75, 3.05) is 6.61 Å². The van der Waals surface area contributed by atoms with E-state index in [4.69, 9.17) is 18.6 Å². The molecule has 19 heteroatoms. The fourth-order valence-electron chi connectivity index (χ4n) is 4.52. The fraction of sp³-hybridized carbons (Fsp3) is 0.500. The number of alkyl halides is 9. The molecule has 0 aliphatic rings. The highest BCUT2D eigenvalue weighted by Crippen LogP contribution is 2.38. The quantitative estimate of drug-likeness (QED) is 0.0450. The molecule has 0 amide bonds. The lowest BCUT2D eigenvalue weighted by Crippen LogP contribution is -2.46. The van der Waals surface area contributed by atoms with Gasteiger partial charge >= 0.3 is 36.4 Å². The number of ether oxygens (including phenoxy) is 5. The first-order valence-corrected chi connectivity index (χ1v) is 20.2. The summed E-state index contributed by atoms with van der Waals surface area (Å²) >= 11 is 0. The predicted octanol–water partition coefficient (Wildman–Crippen LogP) is 9.12. The van der Waals surface area contributed by atoms with E-state index < -0.39 is 102 Å². The molecule has 0 unspecified atom stereocenters. The average Bonchev–Trinajstić information content (AvgIpc) is 3.08. The summed E-state index contributed by atoms with van der Waals surface area (Å²) in [6, 6.07) is 15.2. The summed E-state index contributed by atoms with van der Waals surface area (Å²) in [4.78, 5) is 37.6. The Morgan fingerprint density at radius 2 is 1.09 bits per heavy atom. The molecule has 57 heavy (non-hydrogen) atoms. The molecule has 318 valence electrons. The van der Waals surface area contributed by atoms with E-state index in [2.05, 4.69) is 9.47 Å². The van der Waals surface area contributed by atoms with Gasteiger partial charge in [0, 0.05) is 12.2 Å². The molecule has 9 nitrogen and oxygen atoms in total. The standard InChI is InChI=1S/C38H45F9O9Si/c1-25(56-57(5,6)35(2,3)4)21-32(50)55-34(38(45,46)47)29(52-23-27-15-11-8-12-16-27)18-20-31(49)54-33(37(42,43)44)28(51-22-26-13-9-7-10-14-26)17-19-30(48)53-24-36(39,40)41/h7-20,25,28-29,33-34H,21-24H2,1-6H3/b19-17+,20-18+/t25-,28+,29+,33+,34+/m0/s1. The minimum atomic E-state index is -5.47. The third-order valence-corrected chi connectivity index (χ3v) is 12.9. The number of esters is 3. The molecule has 0 radical (unpaired) electrons. The van der Waals surface area contributed by atoms with E-state index in [1.807, 2.05) is 33.9 Å². The number of carbonyl (C=O) groups excluding carboxylic acids is 3. The molecule has 0 heterocycles. The smallest absolute Gasteiger partial charge is 0.428 e. The van der Waals surface area contributed by atoms with Gasteiger partial charge in [0.15, 0.2) is 14.9 Å². The van der Waals surface area contributed by atoms with Crippen LogP contribution in [0.5, 0.6) is 0 Å². The zero-order valence-corrected chi connectivity index (χ0v) is 32.9. The lowest BCUT2D eigenvalue weighted by molar-refractivity contribution is -0.244. The second kappa shape index (κ2) is 21.0. The summed E-state index contributed by atoms with van der Waals surface area (Å²) in [5.41, 5.74) is 0.646. The summed E-state index contributed by atoms with van der Waals surface area (Å²) in [5, 5.41) is -0.298. The summed E-state index contributed by atoms with van der Waals surface area (Å²) in [5.74, 6) is -4.93. The van der Waals surface area contributed by atoms with Crippen molar-refractivity contribution in [2.24, 2.45) is 0 Å². The molecular weight excluding hydrogens is 799 g/mol. The molecule has 0 bridgehead atoms. The van der Waals surface area contributed by atoms with Gasteiger partial charge in [0.1, 0.15) is 12.2 Å². The van der Waals surface area contributed by atoms with Gasteiger partial charge in [-0.05, 0) is 48.3 Å². The van der Waals surface area contributed by atoms with Crippen LogP contribution in [0, 0.1) is 0 Å². The van der Waals surface area contributed by atoms with Crippen LogP contribution < -0.4 is 0 Å². The Kier molecular flexibility index (Phi) is 18.0. The zero-order chi connectivity index (χ0) is 43.2. The Hall–Kier alpha value is -4.20. The van der Waals surface area contributed by atoms with E-state index in [0.29, 0.717) is 23.3 Å². The number of halogens is 9. The molecule has 0 fully saturated rings. The van der Waals surface area contributed by atoms with Gasteiger partial charge in [0.2, 0.25) is 12.2 Å². The molecule has 5 atom stereocenters. The molecule has 2 aromatic rings. The van der Waals surface area contributed by atoms with Crippen molar-refractivity contribution >= 4 is 26.2 Å². The molecule has 2 aromatic carbocycles. The zero-order valence-electron chi connectivity index (χ0n) is 31.9. The minimum absolute atomic E-state index is 0.194. The maximum atomic E-state index is 14.5. The van der Waals surface area contributed by atoms with Crippen molar-refractivity contribution < 1.29 is 82.0 Å². The van der Waals surface area contributed by atoms with Gasteiger partial charge in [-0.25, -0.2) is 9.59 Å². The molecule has 0 spiro atoms. The predicted molar refractivity (Wildman–Crippen MR) is 190 cm³/mol. The van der Waals surface area contributed by atoms with Crippen molar-refractivity contribution in [3.05, 3.63) is 96.1 Å². The summed E-state index contributed by atoms with van der Waals surface area (Å²) in [7, 11) is -2.46. The lowest BCUT2D eigenvalue weighted by Gasteiger charge is -2.38. The fourth-order valence-corrected chi connectivity index (χ4v) is 5.96. The van der Waals surface area contributed by atoms with Crippen LogP contribution in [0.25, 0.3) is 0 Å². The van der Waals surface area contributed by atoms with E-state index in [-0.39, 0.29) is 17.2 Å². The average molecular weight is 845 g/mol. The normalized spacial score (nSPS) is 15.8. The molecule has 0 aliphatic heterocycles. The van der Waals surface area contributed by atoms with Crippen molar-refractivity contribution in [1.29, 1.82) is 0 Å². The van der Waals surface area contributed by atoms with Crippen molar-refractivity contribution in [1.82, 2.24) is 0 Å². The van der Waals surface area contributed by atoms with Crippen LogP contribution in [0.1, 0.15) is 45.2 Å². The first kappa shape index (κ1) is 48.9. The van der Waals surface area contributed by atoms with Gasteiger partial charge in [0.05, 0.1) is 25.7 Å². The van der Waals surface area contributed by atoms with E-state index in [9.17, 15) is 53.9 Å². The first-order valence-electron chi connectivity index (χ1n) is 17.3. The van der Waals surface area contributed by atoms with Crippen LogP contribution in [0.15, 0.2) is 85.0 Å². The van der Waals surface area contributed by atoms with Gasteiger partial charge in [-0.1, -0.05) is 81.4 Å². The van der Waals surface area contributed by atoms with Gasteiger partial charge in [-0.2, -0.15) is 39.5 Å². The highest BCUT2D eigenvalue weighted by Gasteiger charge is 2.50. The SMILES string of the molecule is C[C@@H](CC(=O)O[C@H]([C@@H](/C=C/C(=O)O[C@H]([C@@H](/C=C/C(=O)OCC(F)(F)F)OCc1ccccc1)C(F)(F)F)OCc1ccccc1)C(F)(F)F)O[Si](C)(C)C(C)(C)C. The topological polar surface area (TPSA) is 107 Å². The minimum Gasteiger partial charge on any atom is -0.453 e. The van der Waals surface area contributed by atoms with Gasteiger partial charge in [-0.15, -0.1) is 0 Å². The van der Waals surface area contributed by atoms with Crippen LogP contribution in [0.2, 0.25) is 18.1 Å². The maximum Gasteiger partial charge on any atom is 0.428 e. The Morgan fingerprint density at radius 3 is 1.49 bits per heavy atom. The third-order valence-electron chi connectivity index (χ3n) is 8.29. The lowest BCUT2D eigenvalue weighted by atomic mass is 10.1. The van der Waals surface area contributed by atoms with Crippen LogP contribution in [0.3, 0.4) is 0 Å². The number of rotatable bonds is 19. The molecule has 0 saturated carbocycles. The van der Waals surface area contributed by atoms with Gasteiger partial charge < -0.3 is 28.1 Å². The summed E-state index contributed by atoms with van der Waals surface area (Å²) in [6.45, 7) is 7.80. The van der Waals surface area contributed by atoms with Gasteiger partial charge in [-0.3, -0.25) is 4.79 Å². The molecule has 0 N–H and O–H groups in total. The summed E-state index contributed by atoms with van der Waals surface area (Å²) < 4.78 is 154. The van der Waals surface area contributed by atoms with Crippen molar-refractivity contribution in [3.8, 4) is 0 Å². The monoisotopic (exact) mass is 844 g/mol. The van der Waals surface area contributed by atoms with E-state index >= 15 is 0 Å². The van der Waals surface area contributed by atoms with Crippen LogP contribution >= 0.6 is 0 Å². The Morgan fingerprint density at radius 1 is 0.667 bits per heavy atom. The van der Waals surface area contributed by atoms with Crippen molar-refractivity contribution in [3.63, 3.8) is 0 Å². The largest absolute Gasteiger partial charge is 0.453 e. The number of hydrogen-bond acceptors (Lipinski definition) is 9. The molecule has 0 aliphatic carbocycles. The first-order chi connectivity index (χ1) is 26.2. The number of benzene rings is 2. The molecular formula is C38H45F9O9Si. The molecule has 0 aromatic heterocycles. The van der Waals surface area contributed by atoms with Crippen molar-refractivity contribution in [2.45, 2.75) is 115 Å². The van der Waals surface area contributed by atoms with Crippen LogP contribution in [-0.2, 0) is 55.7 Å². The van der Waals surface area contributed by atoms with Crippen LogP contribution in [0.4, 0.5) is 39.5 Å². The van der Waals surface area contributed by atoms with E-state index in [1.54, 1.807) is 24.3 Å². The Bertz CT molecular complexity index is 1620. The maximum absolute atomic E-state index is 14.5. The molecule has 0 saturated heterocycles. The number of carbonyl (C=O) groups is 3. The number of hydrogen-bond donors (Lipinski definition) is 0. The Labute approximate surface area is 325 Å². The van der Waals surface area contributed by atoms with Gasteiger partial charge in [0.25, 0.3) is 0 Å². The summed E-state index contributed by atoms with van der Waals surface area (Å²) in [6.07, 6.45) is -27.1.